The molecule has 2 aromatic rings. The molecule has 0 aliphatic rings. The van der Waals surface area contributed by atoms with Gasteiger partial charge in [-0.1, -0.05) is 77.1 Å². The summed E-state index contributed by atoms with van der Waals surface area (Å²) in [6.07, 6.45) is 0. The van der Waals surface area contributed by atoms with E-state index in [4.69, 9.17) is 0 Å². The number of benzene rings is 2. The van der Waals surface area contributed by atoms with Crippen molar-refractivity contribution in [1.29, 1.82) is 0 Å². The molecule has 2 aromatic carbocycles. The van der Waals surface area contributed by atoms with Gasteiger partial charge in [0.25, 0.3) is 0 Å². The average molecular weight is 251 g/mol. The van der Waals surface area contributed by atoms with Gasteiger partial charge < -0.3 is 0 Å². The van der Waals surface area contributed by atoms with Crippen LogP contribution in [0.25, 0.3) is 11.1 Å². The molecule has 0 unspecified atom stereocenters. The van der Waals surface area contributed by atoms with Gasteiger partial charge in [-0.05, 0) is 39.7 Å². The van der Waals surface area contributed by atoms with E-state index in [0.717, 1.165) is 0 Å². The second kappa shape index (κ2) is 5.21. The summed E-state index contributed by atoms with van der Waals surface area (Å²) in [5.74, 6) is 0.586. The fourth-order valence-corrected chi connectivity index (χ4v) is 2.14. The SMILES string of the molecule is CC(C)c1ccc(-c2cc[c]c(C(C)(C)C)c2)cc1. The van der Waals surface area contributed by atoms with Crippen molar-refractivity contribution in [3.63, 3.8) is 0 Å². The maximum atomic E-state index is 3.35. The zero-order valence-electron chi connectivity index (χ0n) is 12.6. The Morgan fingerprint density at radius 3 is 2.05 bits per heavy atom. The second-order valence-corrected chi connectivity index (χ2v) is 6.52. The van der Waals surface area contributed by atoms with E-state index in [9.17, 15) is 0 Å². The molecule has 0 amide bonds. The van der Waals surface area contributed by atoms with Gasteiger partial charge in [-0.15, -0.1) is 0 Å². The first-order chi connectivity index (χ1) is 8.88. The van der Waals surface area contributed by atoms with E-state index in [1.165, 1.54) is 22.3 Å². The van der Waals surface area contributed by atoms with Crippen LogP contribution in [-0.4, -0.2) is 0 Å². The fourth-order valence-electron chi connectivity index (χ4n) is 2.14. The molecule has 0 bridgehead atoms. The molecule has 0 nitrogen and oxygen atoms in total. The van der Waals surface area contributed by atoms with E-state index in [0.29, 0.717) is 5.92 Å². The Labute approximate surface area is 117 Å². The third kappa shape index (κ3) is 3.26. The lowest BCUT2D eigenvalue weighted by Crippen LogP contribution is -2.10. The van der Waals surface area contributed by atoms with Crippen molar-refractivity contribution in [3.05, 3.63) is 59.7 Å². The molecular formula is C19H23. The zero-order valence-corrected chi connectivity index (χ0v) is 12.6. The zero-order chi connectivity index (χ0) is 14.0. The molecule has 0 heterocycles. The molecule has 0 N–H and O–H groups in total. The van der Waals surface area contributed by atoms with Crippen LogP contribution in [0.3, 0.4) is 0 Å². The van der Waals surface area contributed by atoms with Crippen LogP contribution >= 0.6 is 0 Å². The molecule has 0 heteroatoms. The van der Waals surface area contributed by atoms with Crippen molar-refractivity contribution < 1.29 is 0 Å². The maximum absolute atomic E-state index is 3.35. The summed E-state index contributed by atoms with van der Waals surface area (Å²) >= 11 is 0. The van der Waals surface area contributed by atoms with Crippen molar-refractivity contribution in [1.82, 2.24) is 0 Å². The third-order valence-electron chi connectivity index (χ3n) is 3.52. The Kier molecular flexibility index (Phi) is 3.80. The van der Waals surface area contributed by atoms with Crippen LogP contribution in [-0.2, 0) is 5.41 Å². The summed E-state index contributed by atoms with van der Waals surface area (Å²) in [6, 6.07) is 18.7. The number of hydrogen-bond donors (Lipinski definition) is 0. The van der Waals surface area contributed by atoms with Crippen LogP contribution in [0, 0.1) is 6.07 Å². The summed E-state index contributed by atoms with van der Waals surface area (Å²) < 4.78 is 0. The van der Waals surface area contributed by atoms with Crippen LogP contribution in [0.1, 0.15) is 51.7 Å². The summed E-state index contributed by atoms with van der Waals surface area (Å²) in [4.78, 5) is 0. The average Bonchev–Trinajstić information content (AvgIpc) is 2.38. The van der Waals surface area contributed by atoms with Gasteiger partial charge in [0.15, 0.2) is 0 Å². The van der Waals surface area contributed by atoms with Crippen LogP contribution in [0.15, 0.2) is 42.5 Å². The standard InChI is InChI=1S/C19H23/c1-14(2)15-9-11-16(12-10-15)17-7-6-8-18(13-17)19(3,4)5/h6-7,9-14H,1-5H3. The highest BCUT2D eigenvalue weighted by Gasteiger charge is 2.14. The minimum Gasteiger partial charge on any atom is -0.0587 e. The first-order valence-electron chi connectivity index (χ1n) is 7.00. The third-order valence-corrected chi connectivity index (χ3v) is 3.52. The Morgan fingerprint density at radius 2 is 1.53 bits per heavy atom. The first-order valence-corrected chi connectivity index (χ1v) is 7.00. The molecule has 19 heavy (non-hydrogen) atoms. The van der Waals surface area contributed by atoms with Gasteiger partial charge in [0, 0.05) is 0 Å². The minimum atomic E-state index is 0.147. The van der Waals surface area contributed by atoms with Crippen LogP contribution in [0.4, 0.5) is 0 Å². The molecule has 0 spiro atoms. The fraction of sp³-hybridized carbons (Fsp3) is 0.368. The molecule has 0 aromatic heterocycles. The molecular weight excluding hydrogens is 228 g/mol. The Morgan fingerprint density at radius 1 is 0.895 bits per heavy atom. The van der Waals surface area contributed by atoms with Gasteiger partial charge in [0.05, 0.1) is 0 Å². The number of rotatable bonds is 2. The quantitative estimate of drug-likeness (QED) is 0.654. The molecule has 2 rings (SSSR count). The van der Waals surface area contributed by atoms with E-state index in [1.54, 1.807) is 0 Å². The molecule has 1 radical (unpaired) electrons. The molecule has 0 fully saturated rings. The van der Waals surface area contributed by atoms with Crippen molar-refractivity contribution >= 4 is 0 Å². The molecule has 0 saturated carbocycles. The van der Waals surface area contributed by atoms with E-state index in [2.05, 4.69) is 77.1 Å². The highest BCUT2D eigenvalue weighted by molar-refractivity contribution is 5.64. The Balaban J connectivity index is 2.37. The predicted octanol–water partition coefficient (Wildman–Crippen LogP) is 5.57. The number of hydrogen-bond acceptors (Lipinski definition) is 0. The lowest BCUT2D eigenvalue weighted by Gasteiger charge is -2.19. The summed E-state index contributed by atoms with van der Waals surface area (Å²) in [6.45, 7) is 11.1. The molecule has 0 saturated heterocycles. The lowest BCUT2D eigenvalue weighted by molar-refractivity contribution is 0.589. The first kappa shape index (κ1) is 13.9. The van der Waals surface area contributed by atoms with Gasteiger partial charge in [0.2, 0.25) is 0 Å². The lowest BCUT2D eigenvalue weighted by atomic mass is 9.85. The van der Waals surface area contributed by atoms with Gasteiger partial charge in [-0.2, -0.15) is 0 Å². The molecule has 99 valence electrons. The minimum absolute atomic E-state index is 0.147. The van der Waals surface area contributed by atoms with Gasteiger partial charge in [-0.3, -0.25) is 0 Å². The molecule has 0 aliphatic carbocycles. The van der Waals surface area contributed by atoms with E-state index >= 15 is 0 Å². The topological polar surface area (TPSA) is 0 Å². The summed E-state index contributed by atoms with van der Waals surface area (Å²) in [7, 11) is 0. The second-order valence-electron chi connectivity index (χ2n) is 6.52. The van der Waals surface area contributed by atoms with Crippen LogP contribution in [0.5, 0.6) is 0 Å². The van der Waals surface area contributed by atoms with Crippen LogP contribution < -0.4 is 0 Å². The van der Waals surface area contributed by atoms with Crippen molar-refractivity contribution in [2.24, 2.45) is 0 Å². The van der Waals surface area contributed by atoms with Gasteiger partial charge >= 0.3 is 0 Å². The van der Waals surface area contributed by atoms with Crippen molar-refractivity contribution in [2.75, 3.05) is 0 Å². The van der Waals surface area contributed by atoms with Crippen molar-refractivity contribution in [3.8, 4) is 11.1 Å². The van der Waals surface area contributed by atoms with E-state index in [-0.39, 0.29) is 5.41 Å². The highest BCUT2D eigenvalue weighted by Crippen LogP contribution is 2.28. The monoisotopic (exact) mass is 251 g/mol. The smallest absolute Gasteiger partial charge is 0.0125 e. The van der Waals surface area contributed by atoms with E-state index in [1.807, 2.05) is 6.07 Å². The molecule has 0 atom stereocenters. The highest BCUT2D eigenvalue weighted by atomic mass is 14.2. The maximum Gasteiger partial charge on any atom is -0.0125 e. The summed E-state index contributed by atoms with van der Waals surface area (Å²) in [5, 5.41) is 0. The van der Waals surface area contributed by atoms with Gasteiger partial charge in [-0.25, -0.2) is 0 Å². The Hall–Kier alpha value is -1.56. The van der Waals surface area contributed by atoms with Crippen LogP contribution in [0.2, 0.25) is 0 Å². The largest absolute Gasteiger partial charge is 0.0587 e. The van der Waals surface area contributed by atoms with Crippen molar-refractivity contribution in [2.45, 2.75) is 46.0 Å². The summed E-state index contributed by atoms with van der Waals surface area (Å²) in [5.41, 5.74) is 5.36. The normalized spacial score (nSPS) is 11.9. The molecule has 0 aliphatic heterocycles. The Bertz CT molecular complexity index is 539. The van der Waals surface area contributed by atoms with E-state index < -0.39 is 0 Å². The predicted molar refractivity (Wildman–Crippen MR) is 83.5 cm³/mol. The van der Waals surface area contributed by atoms with Gasteiger partial charge in [0.1, 0.15) is 0 Å².